The maximum Gasteiger partial charge on any atom is 0.127 e. The Morgan fingerprint density at radius 2 is 1.74 bits per heavy atom. The highest BCUT2D eigenvalue weighted by Gasteiger charge is 2.36. The highest BCUT2D eigenvalue weighted by molar-refractivity contribution is 5.60. The van der Waals surface area contributed by atoms with Crippen molar-refractivity contribution in [2.75, 3.05) is 33.7 Å². The summed E-state index contributed by atoms with van der Waals surface area (Å²) in [6.07, 6.45) is 8.43. The van der Waals surface area contributed by atoms with Gasteiger partial charge in [0.15, 0.2) is 0 Å². The third-order valence-corrected chi connectivity index (χ3v) is 5.35. The van der Waals surface area contributed by atoms with E-state index in [0.717, 1.165) is 44.4 Å². The summed E-state index contributed by atoms with van der Waals surface area (Å²) in [4.78, 5) is 16.5. The first kappa shape index (κ1) is 15.0. The minimum atomic E-state index is -0.0303. The first-order valence-corrected chi connectivity index (χ1v) is 7.90. The van der Waals surface area contributed by atoms with Crippen LogP contribution in [0.2, 0.25) is 0 Å². The van der Waals surface area contributed by atoms with Crippen molar-refractivity contribution in [3.8, 4) is 0 Å². The molecule has 19 heavy (non-hydrogen) atoms. The Morgan fingerprint density at radius 1 is 1.16 bits per heavy atom. The van der Waals surface area contributed by atoms with Gasteiger partial charge in [-0.25, -0.2) is 0 Å². The summed E-state index contributed by atoms with van der Waals surface area (Å²) in [7, 11) is 4.35. The number of hydrogen-bond acceptors (Lipinski definition) is 3. The molecule has 0 spiro atoms. The molecule has 1 saturated carbocycles. The molecule has 0 radical (unpaired) electrons. The Morgan fingerprint density at radius 3 is 2.21 bits per heavy atom. The van der Waals surface area contributed by atoms with Gasteiger partial charge in [0.25, 0.3) is 0 Å². The van der Waals surface area contributed by atoms with Crippen LogP contribution in [0.15, 0.2) is 0 Å². The molecule has 0 unspecified atom stereocenters. The Bertz CT molecular complexity index is 287. The van der Waals surface area contributed by atoms with E-state index < -0.39 is 0 Å². The van der Waals surface area contributed by atoms with E-state index in [-0.39, 0.29) is 5.41 Å². The van der Waals surface area contributed by atoms with E-state index in [0.29, 0.717) is 0 Å². The molecular formula is C16H30N2O. The van der Waals surface area contributed by atoms with E-state index in [1.807, 2.05) is 0 Å². The van der Waals surface area contributed by atoms with Crippen LogP contribution in [0.3, 0.4) is 0 Å². The first-order chi connectivity index (χ1) is 9.04. The summed E-state index contributed by atoms with van der Waals surface area (Å²) < 4.78 is 0. The van der Waals surface area contributed by atoms with Gasteiger partial charge in [-0.05, 0) is 71.6 Å². The van der Waals surface area contributed by atoms with Crippen molar-refractivity contribution in [3.63, 3.8) is 0 Å². The predicted octanol–water partition coefficient (Wildman–Crippen LogP) is 2.41. The normalized spacial score (nSPS) is 34.6. The summed E-state index contributed by atoms with van der Waals surface area (Å²) in [6, 6.07) is 0.731. The van der Waals surface area contributed by atoms with Crippen molar-refractivity contribution in [1.82, 2.24) is 9.80 Å². The summed E-state index contributed by atoms with van der Waals surface area (Å²) in [5.41, 5.74) is -0.0303. The second kappa shape index (κ2) is 6.36. The minimum Gasteiger partial charge on any atom is -0.306 e. The van der Waals surface area contributed by atoms with Crippen LogP contribution in [0.4, 0.5) is 0 Å². The molecule has 0 bridgehead atoms. The van der Waals surface area contributed by atoms with Gasteiger partial charge in [0.1, 0.15) is 6.29 Å². The average molecular weight is 266 g/mol. The Balaban J connectivity index is 1.85. The molecule has 0 N–H and O–H groups in total. The Labute approximate surface area is 118 Å². The van der Waals surface area contributed by atoms with E-state index in [1.54, 1.807) is 0 Å². The third-order valence-electron chi connectivity index (χ3n) is 5.35. The lowest BCUT2D eigenvalue weighted by molar-refractivity contribution is -0.120. The van der Waals surface area contributed by atoms with E-state index >= 15 is 0 Å². The van der Waals surface area contributed by atoms with Gasteiger partial charge in [-0.3, -0.25) is 0 Å². The SMILES string of the molecule is CC1CCC(C=O)(CN2CCC(N(C)C)CC2)CC1. The number of aldehydes is 1. The number of carbonyl (C=O) groups is 1. The Kier molecular flexibility index (Phi) is 5.02. The van der Waals surface area contributed by atoms with E-state index in [4.69, 9.17) is 0 Å². The zero-order valence-corrected chi connectivity index (χ0v) is 12.9. The van der Waals surface area contributed by atoms with Crippen molar-refractivity contribution >= 4 is 6.29 Å². The molecule has 0 atom stereocenters. The maximum atomic E-state index is 11.6. The highest BCUT2D eigenvalue weighted by atomic mass is 16.1. The van der Waals surface area contributed by atoms with Gasteiger partial charge in [0.2, 0.25) is 0 Å². The molecule has 110 valence electrons. The lowest BCUT2D eigenvalue weighted by Crippen LogP contribution is -2.47. The fourth-order valence-electron chi connectivity index (χ4n) is 3.69. The summed E-state index contributed by atoms with van der Waals surface area (Å²) in [5, 5.41) is 0. The number of hydrogen-bond donors (Lipinski definition) is 0. The van der Waals surface area contributed by atoms with Crippen LogP contribution in [0.5, 0.6) is 0 Å². The first-order valence-electron chi connectivity index (χ1n) is 7.90. The maximum absolute atomic E-state index is 11.6. The molecule has 2 fully saturated rings. The van der Waals surface area contributed by atoms with Gasteiger partial charge in [0, 0.05) is 18.0 Å². The predicted molar refractivity (Wildman–Crippen MR) is 79.3 cm³/mol. The zero-order chi connectivity index (χ0) is 13.9. The molecule has 3 heteroatoms. The average Bonchev–Trinajstić information content (AvgIpc) is 2.42. The smallest absolute Gasteiger partial charge is 0.127 e. The van der Waals surface area contributed by atoms with Crippen LogP contribution in [0.1, 0.15) is 45.4 Å². The molecule has 1 aliphatic heterocycles. The summed E-state index contributed by atoms with van der Waals surface area (Å²) >= 11 is 0. The number of rotatable bonds is 4. The van der Waals surface area contributed by atoms with Gasteiger partial charge in [-0.2, -0.15) is 0 Å². The van der Waals surface area contributed by atoms with Gasteiger partial charge in [0.05, 0.1) is 0 Å². The highest BCUT2D eigenvalue weighted by Crippen LogP contribution is 2.38. The molecule has 0 aromatic rings. The Hall–Kier alpha value is -0.410. The van der Waals surface area contributed by atoms with Gasteiger partial charge >= 0.3 is 0 Å². The van der Waals surface area contributed by atoms with E-state index in [9.17, 15) is 4.79 Å². The fraction of sp³-hybridized carbons (Fsp3) is 0.938. The molecule has 0 aromatic heterocycles. The molecule has 1 heterocycles. The van der Waals surface area contributed by atoms with E-state index in [1.165, 1.54) is 32.0 Å². The number of carbonyl (C=O) groups excluding carboxylic acids is 1. The molecular weight excluding hydrogens is 236 g/mol. The lowest BCUT2D eigenvalue weighted by atomic mass is 9.71. The number of nitrogens with zero attached hydrogens (tertiary/aromatic N) is 2. The second-order valence-corrected chi connectivity index (χ2v) is 7.13. The van der Waals surface area contributed by atoms with Crippen LogP contribution in [-0.2, 0) is 4.79 Å². The second-order valence-electron chi connectivity index (χ2n) is 7.13. The van der Waals surface area contributed by atoms with Crippen molar-refractivity contribution in [2.24, 2.45) is 11.3 Å². The summed E-state index contributed by atoms with van der Waals surface area (Å²) in [5.74, 6) is 0.813. The minimum absolute atomic E-state index is 0.0303. The lowest BCUT2D eigenvalue weighted by Gasteiger charge is -2.42. The topological polar surface area (TPSA) is 23.6 Å². The molecule has 1 saturated heterocycles. The van der Waals surface area contributed by atoms with Crippen LogP contribution in [0.25, 0.3) is 0 Å². The van der Waals surface area contributed by atoms with Crippen LogP contribution < -0.4 is 0 Å². The van der Waals surface area contributed by atoms with Gasteiger partial charge in [-0.1, -0.05) is 6.92 Å². The largest absolute Gasteiger partial charge is 0.306 e. The zero-order valence-electron chi connectivity index (χ0n) is 12.9. The third kappa shape index (κ3) is 3.79. The molecule has 1 aliphatic carbocycles. The van der Waals surface area contributed by atoms with Crippen molar-refractivity contribution < 1.29 is 4.79 Å². The van der Waals surface area contributed by atoms with Gasteiger partial charge in [-0.15, -0.1) is 0 Å². The molecule has 0 aromatic carbocycles. The monoisotopic (exact) mass is 266 g/mol. The van der Waals surface area contributed by atoms with Crippen LogP contribution >= 0.6 is 0 Å². The van der Waals surface area contributed by atoms with Crippen molar-refractivity contribution in [3.05, 3.63) is 0 Å². The molecule has 2 aliphatic rings. The number of likely N-dealkylation sites (tertiary alicyclic amines) is 1. The van der Waals surface area contributed by atoms with Crippen LogP contribution in [0, 0.1) is 11.3 Å². The molecule has 2 rings (SSSR count). The van der Waals surface area contributed by atoms with E-state index in [2.05, 4.69) is 30.8 Å². The van der Waals surface area contributed by atoms with Gasteiger partial charge < -0.3 is 14.6 Å². The van der Waals surface area contributed by atoms with Crippen LogP contribution in [-0.4, -0.2) is 55.9 Å². The fourth-order valence-corrected chi connectivity index (χ4v) is 3.69. The van der Waals surface area contributed by atoms with Crippen molar-refractivity contribution in [2.45, 2.75) is 51.5 Å². The number of piperidine rings is 1. The standard InChI is InChI=1S/C16H30N2O/c1-14-4-8-16(13-19,9-5-14)12-18-10-6-15(7-11-18)17(2)3/h13-15H,4-12H2,1-3H3. The van der Waals surface area contributed by atoms with Crippen molar-refractivity contribution in [1.29, 1.82) is 0 Å². The quantitative estimate of drug-likeness (QED) is 0.730. The summed E-state index contributed by atoms with van der Waals surface area (Å²) in [6.45, 7) is 5.64. The molecule has 3 nitrogen and oxygen atoms in total. The molecule has 0 amide bonds.